The number of hydrogen-bond acceptors (Lipinski definition) is 1. The molecular formula is C10H14F8O. The smallest absolute Gasteiger partial charge is 0.368 e. The molecule has 0 bridgehead atoms. The first kappa shape index (κ1) is 18.4. The molecule has 19 heavy (non-hydrogen) atoms. The predicted octanol–water partition coefficient (Wildman–Crippen LogP) is 4.36. The van der Waals surface area contributed by atoms with Gasteiger partial charge in [-0.2, -0.15) is 26.3 Å². The van der Waals surface area contributed by atoms with E-state index in [4.69, 9.17) is 0 Å². The minimum absolute atomic E-state index is 0.526. The molecule has 9 heteroatoms. The summed E-state index contributed by atoms with van der Waals surface area (Å²) >= 11 is 0. The third-order valence-corrected chi connectivity index (χ3v) is 2.43. The molecular weight excluding hydrogens is 288 g/mol. The van der Waals surface area contributed by atoms with Crippen molar-refractivity contribution in [2.75, 3.05) is 0 Å². The van der Waals surface area contributed by atoms with Crippen LogP contribution in [0.2, 0.25) is 0 Å². The zero-order valence-electron chi connectivity index (χ0n) is 10.2. The summed E-state index contributed by atoms with van der Waals surface area (Å²) in [5.74, 6) is 0. The van der Waals surface area contributed by atoms with Crippen LogP contribution in [0.1, 0.15) is 26.7 Å². The van der Waals surface area contributed by atoms with E-state index in [1.165, 1.54) is 0 Å². The van der Waals surface area contributed by atoms with Crippen LogP contribution in [0.15, 0.2) is 0 Å². The van der Waals surface area contributed by atoms with E-state index in [-0.39, 0.29) is 0 Å². The minimum atomic E-state index is -5.26. The van der Waals surface area contributed by atoms with Gasteiger partial charge in [-0.3, -0.25) is 0 Å². The fourth-order valence-electron chi connectivity index (χ4n) is 1.39. The van der Waals surface area contributed by atoms with E-state index >= 15 is 0 Å². The molecule has 1 nitrogen and oxygen atoms in total. The van der Waals surface area contributed by atoms with Crippen LogP contribution in [-0.4, -0.2) is 36.9 Å². The van der Waals surface area contributed by atoms with E-state index in [0.29, 0.717) is 0 Å². The highest BCUT2D eigenvalue weighted by molar-refractivity contribution is 4.81. The van der Waals surface area contributed by atoms with E-state index in [0.717, 1.165) is 13.8 Å². The summed E-state index contributed by atoms with van der Waals surface area (Å²) in [5, 5.41) is 0. The van der Waals surface area contributed by atoms with Gasteiger partial charge in [-0.15, -0.1) is 0 Å². The van der Waals surface area contributed by atoms with Crippen molar-refractivity contribution in [3.8, 4) is 0 Å². The first-order valence-electron chi connectivity index (χ1n) is 5.52. The van der Waals surface area contributed by atoms with Gasteiger partial charge >= 0.3 is 12.4 Å². The molecule has 4 unspecified atom stereocenters. The summed E-state index contributed by atoms with van der Waals surface area (Å²) in [4.78, 5) is 0. The molecule has 0 fully saturated rings. The van der Waals surface area contributed by atoms with Gasteiger partial charge in [0.05, 0.1) is 12.2 Å². The molecule has 0 saturated carbocycles. The van der Waals surface area contributed by atoms with Gasteiger partial charge in [0.1, 0.15) is 0 Å². The summed E-state index contributed by atoms with van der Waals surface area (Å²) in [6.07, 6.45) is -22.8. The molecule has 0 radical (unpaired) electrons. The molecule has 0 spiro atoms. The number of halogens is 8. The maximum Gasteiger partial charge on any atom is 0.422 e. The maximum absolute atomic E-state index is 13.0. The topological polar surface area (TPSA) is 9.23 Å². The van der Waals surface area contributed by atoms with Gasteiger partial charge in [-0.25, -0.2) is 8.78 Å². The number of hydrogen-bond donors (Lipinski definition) is 0. The SMILES string of the molecule is CCC(OC(CC)C(F)C(F)(F)F)C(F)C(F)(F)F. The molecule has 0 N–H and O–H groups in total. The molecule has 0 aromatic carbocycles. The Balaban J connectivity index is 4.84. The molecule has 0 heterocycles. The van der Waals surface area contributed by atoms with Crippen molar-refractivity contribution in [3.05, 3.63) is 0 Å². The zero-order chi connectivity index (χ0) is 15.4. The Morgan fingerprint density at radius 2 is 1.00 bits per heavy atom. The lowest BCUT2D eigenvalue weighted by Gasteiger charge is -2.29. The third-order valence-electron chi connectivity index (χ3n) is 2.43. The van der Waals surface area contributed by atoms with Gasteiger partial charge in [0.2, 0.25) is 12.3 Å². The van der Waals surface area contributed by atoms with E-state index < -0.39 is 49.7 Å². The molecule has 116 valence electrons. The van der Waals surface area contributed by atoms with Gasteiger partial charge in [-0.1, -0.05) is 13.8 Å². The van der Waals surface area contributed by atoms with Crippen LogP contribution in [0.3, 0.4) is 0 Å². The second-order valence-corrected chi connectivity index (χ2v) is 3.92. The Hall–Kier alpha value is -0.600. The van der Waals surface area contributed by atoms with Crippen molar-refractivity contribution in [3.63, 3.8) is 0 Å². The summed E-state index contributed by atoms with van der Waals surface area (Å²) in [7, 11) is 0. The van der Waals surface area contributed by atoms with Crippen molar-refractivity contribution in [2.24, 2.45) is 0 Å². The first-order valence-corrected chi connectivity index (χ1v) is 5.52. The van der Waals surface area contributed by atoms with Crippen molar-refractivity contribution in [1.82, 2.24) is 0 Å². The summed E-state index contributed by atoms with van der Waals surface area (Å²) in [6.45, 7) is 2.22. The average molecular weight is 302 g/mol. The van der Waals surface area contributed by atoms with Crippen LogP contribution >= 0.6 is 0 Å². The zero-order valence-corrected chi connectivity index (χ0v) is 10.2. The largest absolute Gasteiger partial charge is 0.422 e. The lowest BCUT2D eigenvalue weighted by Crippen LogP contribution is -2.45. The van der Waals surface area contributed by atoms with Crippen LogP contribution in [0.4, 0.5) is 35.1 Å². The second-order valence-electron chi connectivity index (χ2n) is 3.92. The summed E-state index contributed by atoms with van der Waals surface area (Å²) in [5.41, 5.74) is 0. The molecule has 4 atom stereocenters. The standard InChI is InChI=1S/C10H14F8O/c1-3-5(7(11)9(13,14)15)19-6(4-2)8(12)10(16,17)18/h5-8H,3-4H2,1-2H3. The van der Waals surface area contributed by atoms with Crippen LogP contribution in [-0.2, 0) is 4.74 Å². The molecule has 0 aromatic rings. The van der Waals surface area contributed by atoms with Crippen LogP contribution in [0.5, 0.6) is 0 Å². The van der Waals surface area contributed by atoms with E-state index in [1.54, 1.807) is 0 Å². The van der Waals surface area contributed by atoms with Crippen LogP contribution < -0.4 is 0 Å². The van der Waals surface area contributed by atoms with Gasteiger partial charge in [-0.05, 0) is 12.8 Å². The molecule has 0 aliphatic heterocycles. The molecule has 0 aliphatic carbocycles. The highest BCUT2D eigenvalue weighted by Crippen LogP contribution is 2.33. The van der Waals surface area contributed by atoms with Crippen molar-refractivity contribution in [2.45, 2.75) is 63.6 Å². The van der Waals surface area contributed by atoms with Gasteiger partial charge in [0.25, 0.3) is 0 Å². The lowest BCUT2D eigenvalue weighted by atomic mass is 10.1. The molecule has 0 saturated heterocycles. The lowest BCUT2D eigenvalue weighted by molar-refractivity contribution is -0.247. The van der Waals surface area contributed by atoms with Crippen molar-refractivity contribution in [1.29, 1.82) is 0 Å². The Labute approximate surface area is 104 Å². The predicted molar refractivity (Wildman–Crippen MR) is 51.1 cm³/mol. The Morgan fingerprint density at radius 3 is 1.16 bits per heavy atom. The van der Waals surface area contributed by atoms with Gasteiger partial charge in [0.15, 0.2) is 0 Å². The van der Waals surface area contributed by atoms with Crippen molar-refractivity contribution >= 4 is 0 Å². The minimum Gasteiger partial charge on any atom is -0.368 e. The van der Waals surface area contributed by atoms with E-state index in [1.807, 2.05) is 0 Å². The maximum atomic E-state index is 13.0. The fraction of sp³-hybridized carbons (Fsp3) is 1.00. The normalized spacial score (nSPS) is 19.9. The molecule has 0 aliphatic rings. The second kappa shape index (κ2) is 6.71. The Kier molecular flexibility index (Phi) is 6.50. The number of ether oxygens (including phenoxy) is 1. The summed E-state index contributed by atoms with van der Waals surface area (Å²) in [6, 6.07) is 0. The van der Waals surface area contributed by atoms with Crippen molar-refractivity contribution < 1.29 is 39.9 Å². The number of rotatable bonds is 6. The van der Waals surface area contributed by atoms with Crippen LogP contribution in [0.25, 0.3) is 0 Å². The van der Waals surface area contributed by atoms with E-state index in [9.17, 15) is 35.1 Å². The highest BCUT2D eigenvalue weighted by Gasteiger charge is 2.50. The highest BCUT2D eigenvalue weighted by atomic mass is 19.4. The molecule has 0 amide bonds. The first-order chi connectivity index (χ1) is 8.45. The van der Waals surface area contributed by atoms with Gasteiger partial charge in [0, 0.05) is 0 Å². The number of alkyl halides is 8. The third kappa shape index (κ3) is 5.50. The average Bonchev–Trinajstić information content (AvgIpc) is 2.26. The summed E-state index contributed by atoms with van der Waals surface area (Å²) < 4.78 is 103. The monoisotopic (exact) mass is 302 g/mol. The van der Waals surface area contributed by atoms with Gasteiger partial charge < -0.3 is 4.74 Å². The van der Waals surface area contributed by atoms with Crippen LogP contribution in [0, 0.1) is 0 Å². The molecule has 0 aromatic heterocycles. The fourth-order valence-corrected chi connectivity index (χ4v) is 1.39. The van der Waals surface area contributed by atoms with E-state index in [2.05, 4.69) is 4.74 Å². The molecule has 0 rings (SSSR count). The Morgan fingerprint density at radius 1 is 0.737 bits per heavy atom. The Bertz CT molecular complexity index is 235. The quantitative estimate of drug-likeness (QED) is 0.662.